The van der Waals surface area contributed by atoms with Gasteiger partial charge in [0.1, 0.15) is 12.3 Å². The van der Waals surface area contributed by atoms with Crippen LogP contribution in [0.5, 0.6) is 5.75 Å². The maximum atomic E-state index is 12.3. The predicted octanol–water partition coefficient (Wildman–Crippen LogP) is 2.27. The zero-order valence-electron chi connectivity index (χ0n) is 15.2. The van der Waals surface area contributed by atoms with Gasteiger partial charge in [-0.1, -0.05) is 29.8 Å². The molecule has 1 unspecified atom stereocenters. The highest BCUT2D eigenvalue weighted by molar-refractivity contribution is 5.93. The molecular weight excluding hydrogens is 300 g/mol. The molecule has 0 aliphatic rings. The SMILES string of the molecule is COc1ccc(C)cc1NC(=O)C[NH+](C)Cc1ccc(C)cc1C. The fourth-order valence-electron chi connectivity index (χ4n) is 2.82. The third-order valence-electron chi connectivity index (χ3n) is 4.08. The Labute approximate surface area is 144 Å². The van der Waals surface area contributed by atoms with Crippen LogP contribution in [-0.2, 0) is 11.3 Å². The molecule has 1 amide bonds. The first-order chi connectivity index (χ1) is 11.4. The molecule has 0 radical (unpaired) electrons. The van der Waals surface area contributed by atoms with Gasteiger partial charge >= 0.3 is 0 Å². The van der Waals surface area contributed by atoms with Crippen LogP contribution >= 0.6 is 0 Å². The number of hydrogen-bond acceptors (Lipinski definition) is 2. The van der Waals surface area contributed by atoms with Gasteiger partial charge in [-0.05, 0) is 44.0 Å². The normalized spacial score (nSPS) is 11.9. The monoisotopic (exact) mass is 327 g/mol. The molecular formula is C20H27N2O2+. The number of rotatable bonds is 6. The lowest BCUT2D eigenvalue weighted by Gasteiger charge is -2.16. The van der Waals surface area contributed by atoms with Crippen LogP contribution in [0.1, 0.15) is 22.3 Å². The number of benzene rings is 2. The number of ether oxygens (including phenoxy) is 1. The molecule has 4 nitrogen and oxygen atoms in total. The molecule has 0 aromatic heterocycles. The van der Waals surface area contributed by atoms with Crippen molar-refractivity contribution in [3.05, 3.63) is 58.7 Å². The number of methoxy groups -OCH3 is 1. The van der Waals surface area contributed by atoms with E-state index in [-0.39, 0.29) is 5.91 Å². The average molecular weight is 327 g/mol. The van der Waals surface area contributed by atoms with Crippen molar-refractivity contribution in [1.82, 2.24) is 0 Å². The summed E-state index contributed by atoms with van der Waals surface area (Å²) in [4.78, 5) is 13.5. The smallest absolute Gasteiger partial charge is 0.279 e. The summed E-state index contributed by atoms with van der Waals surface area (Å²) in [5, 5.41) is 2.96. The molecule has 0 aliphatic carbocycles. The van der Waals surface area contributed by atoms with Crippen molar-refractivity contribution < 1.29 is 14.4 Å². The Morgan fingerprint density at radius 3 is 2.42 bits per heavy atom. The molecule has 2 aromatic rings. The minimum absolute atomic E-state index is 0.0128. The first-order valence-electron chi connectivity index (χ1n) is 8.21. The van der Waals surface area contributed by atoms with E-state index in [1.165, 1.54) is 16.7 Å². The fraction of sp³-hybridized carbons (Fsp3) is 0.350. The molecule has 0 spiro atoms. The predicted molar refractivity (Wildman–Crippen MR) is 97.7 cm³/mol. The Hall–Kier alpha value is -2.33. The lowest BCUT2D eigenvalue weighted by atomic mass is 10.1. The van der Waals surface area contributed by atoms with Gasteiger partial charge in [-0.3, -0.25) is 4.79 Å². The van der Waals surface area contributed by atoms with Crippen LogP contribution in [0.4, 0.5) is 5.69 Å². The van der Waals surface area contributed by atoms with E-state index in [4.69, 9.17) is 4.74 Å². The van der Waals surface area contributed by atoms with Crippen molar-refractivity contribution in [3.8, 4) is 5.75 Å². The van der Waals surface area contributed by atoms with Crippen LogP contribution in [0.3, 0.4) is 0 Å². The van der Waals surface area contributed by atoms with Gasteiger partial charge in [0, 0.05) is 5.56 Å². The van der Waals surface area contributed by atoms with Crippen molar-refractivity contribution in [2.45, 2.75) is 27.3 Å². The first-order valence-corrected chi connectivity index (χ1v) is 8.21. The molecule has 1 atom stereocenters. The molecule has 4 heteroatoms. The average Bonchev–Trinajstić information content (AvgIpc) is 2.50. The van der Waals surface area contributed by atoms with Crippen LogP contribution in [0.15, 0.2) is 36.4 Å². The van der Waals surface area contributed by atoms with Crippen LogP contribution in [-0.4, -0.2) is 26.6 Å². The van der Waals surface area contributed by atoms with Crippen molar-refractivity contribution in [3.63, 3.8) is 0 Å². The topological polar surface area (TPSA) is 42.8 Å². The van der Waals surface area contributed by atoms with Crippen molar-refractivity contribution >= 4 is 11.6 Å². The van der Waals surface area contributed by atoms with Gasteiger partial charge in [0.05, 0.1) is 19.8 Å². The Balaban J connectivity index is 1.98. The summed E-state index contributed by atoms with van der Waals surface area (Å²) in [6.07, 6.45) is 0. The van der Waals surface area contributed by atoms with Crippen LogP contribution in [0, 0.1) is 20.8 Å². The summed E-state index contributed by atoms with van der Waals surface area (Å²) in [5.74, 6) is 0.669. The minimum Gasteiger partial charge on any atom is -0.495 e. The highest BCUT2D eigenvalue weighted by Gasteiger charge is 2.14. The molecule has 2 rings (SSSR count). The summed E-state index contributed by atoms with van der Waals surface area (Å²) in [6, 6.07) is 12.2. The molecule has 0 saturated carbocycles. The fourth-order valence-corrected chi connectivity index (χ4v) is 2.82. The van der Waals surface area contributed by atoms with Gasteiger partial charge in [-0.25, -0.2) is 0 Å². The third kappa shape index (κ3) is 4.83. The maximum absolute atomic E-state index is 12.3. The first kappa shape index (κ1) is 18.0. The maximum Gasteiger partial charge on any atom is 0.279 e. The van der Waals surface area contributed by atoms with E-state index in [9.17, 15) is 4.79 Å². The summed E-state index contributed by atoms with van der Waals surface area (Å²) in [7, 11) is 3.64. The zero-order valence-corrected chi connectivity index (χ0v) is 15.2. The molecule has 0 saturated heterocycles. The number of likely N-dealkylation sites (N-methyl/N-ethyl adjacent to an activating group) is 1. The lowest BCUT2D eigenvalue weighted by Crippen LogP contribution is -3.08. The lowest BCUT2D eigenvalue weighted by molar-refractivity contribution is -0.885. The Bertz CT molecular complexity index is 726. The van der Waals surface area contributed by atoms with E-state index in [2.05, 4.69) is 37.4 Å². The second-order valence-corrected chi connectivity index (χ2v) is 6.49. The van der Waals surface area contributed by atoms with E-state index in [1.807, 2.05) is 32.2 Å². The highest BCUT2D eigenvalue weighted by atomic mass is 16.5. The molecule has 24 heavy (non-hydrogen) atoms. The third-order valence-corrected chi connectivity index (χ3v) is 4.08. The molecule has 2 N–H and O–H groups in total. The summed E-state index contributed by atoms with van der Waals surface area (Å²) < 4.78 is 5.31. The van der Waals surface area contributed by atoms with Crippen molar-refractivity contribution in [2.24, 2.45) is 0 Å². The molecule has 0 aliphatic heterocycles. The van der Waals surface area contributed by atoms with E-state index < -0.39 is 0 Å². The van der Waals surface area contributed by atoms with Crippen molar-refractivity contribution in [1.29, 1.82) is 0 Å². The van der Waals surface area contributed by atoms with Gasteiger partial charge in [0.25, 0.3) is 5.91 Å². The number of nitrogens with one attached hydrogen (secondary N) is 2. The van der Waals surface area contributed by atoms with Crippen molar-refractivity contribution in [2.75, 3.05) is 26.0 Å². The van der Waals surface area contributed by atoms with Gasteiger partial charge in [0.2, 0.25) is 0 Å². The largest absolute Gasteiger partial charge is 0.495 e. The Morgan fingerprint density at radius 2 is 1.75 bits per heavy atom. The van der Waals surface area contributed by atoms with Crippen LogP contribution < -0.4 is 15.0 Å². The number of carbonyl (C=O) groups is 1. The number of aryl methyl sites for hydroxylation is 3. The number of hydrogen-bond donors (Lipinski definition) is 2. The molecule has 128 valence electrons. The van der Waals surface area contributed by atoms with E-state index >= 15 is 0 Å². The Morgan fingerprint density at radius 1 is 1.08 bits per heavy atom. The molecule has 2 aromatic carbocycles. The highest BCUT2D eigenvalue weighted by Crippen LogP contribution is 2.24. The zero-order chi connectivity index (χ0) is 17.7. The van der Waals surface area contributed by atoms with E-state index in [1.54, 1.807) is 7.11 Å². The molecule has 0 heterocycles. The summed E-state index contributed by atoms with van der Waals surface area (Å²) >= 11 is 0. The van der Waals surface area contributed by atoms with Gasteiger partial charge in [0.15, 0.2) is 6.54 Å². The van der Waals surface area contributed by atoms with E-state index in [0.29, 0.717) is 12.3 Å². The van der Waals surface area contributed by atoms with E-state index in [0.717, 1.165) is 22.7 Å². The van der Waals surface area contributed by atoms with Gasteiger partial charge in [-0.2, -0.15) is 0 Å². The number of quaternary nitrogens is 1. The molecule has 0 bridgehead atoms. The quantitative estimate of drug-likeness (QED) is 0.855. The minimum atomic E-state index is -0.0128. The number of carbonyl (C=O) groups excluding carboxylic acids is 1. The van der Waals surface area contributed by atoms with Gasteiger partial charge < -0.3 is 15.0 Å². The number of anilines is 1. The summed E-state index contributed by atoms with van der Waals surface area (Å²) in [6.45, 7) is 7.44. The van der Waals surface area contributed by atoms with Crippen LogP contribution in [0.25, 0.3) is 0 Å². The number of amides is 1. The second kappa shape index (κ2) is 7.97. The summed E-state index contributed by atoms with van der Waals surface area (Å²) in [5.41, 5.74) is 5.62. The Kier molecular flexibility index (Phi) is 5.99. The molecule has 0 fully saturated rings. The standard InChI is InChI=1S/C20H26N2O2/c1-14-6-8-17(16(3)10-14)12-22(4)13-20(23)21-18-11-15(2)7-9-19(18)24-5/h6-11H,12-13H2,1-5H3,(H,21,23)/p+1. The second-order valence-electron chi connectivity index (χ2n) is 6.49. The van der Waals surface area contributed by atoms with Crippen LogP contribution in [0.2, 0.25) is 0 Å². The van der Waals surface area contributed by atoms with Gasteiger partial charge in [-0.15, -0.1) is 0 Å².